The van der Waals surface area contributed by atoms with E-state index in [1.54, 1.807) is 0 Å². The maximum Gasteiger partial charge on any atom is 0.339 e. The van der Waals surface area contributed by atoms with Gasteiger partial charge in [-0.25, -0.2) is 9.18 Å². The standard InChI is InChI=1S/C10H10FNO3.ClH/c11-6-2-1-5(10(13)14)9-8(6)7(12)3-4-15-9;/h1-2,7H,3-4,12H2,(H,13,14);1H. The van der Waals surface area contributed by atoms with Gasteiger partial charge in [-0.1, -0.05) is 0 Å². The molecule has 2 rings (SSSR count). The van der Waals surface area contributed by atoms with Crippen molar-refractivity contribution in [2.75, 3.05) is 6.61 Å². The van der Waals surface area contributed by atoms with E-state index in [1.807, 2.05) is 0 Å². The van der Waals surface area contributed by atoms with Gasteiger partial charge in [-0.05, 0) is 12.1 Å². The summed E-state index contributed by atoms with van der Waals surface area (Å²) in [6.45, 7) is 0.317. The maximum atomic E-state index is 13.4. The van der Waals surface area contributed by atoms with Crippen LogP contribution < -0.4 is 10.5 Å². The van der Waals surface area contributed by atoms with Crippen LogP contribution in [0.5, 0.6) is 5.75 Å². The number of hydrogen-bond donors (Lipinski definition) is 2. The van der Waals surface area contributed by atoms with Crippen LogP contribution >= 0.6 is 12.4 Å². The smallest absolute Gasteiger partial charge is 0.339 e. The Balaban J connectivity index is 0.00000128. The molecule has 0 spiro atoms. The van der Waals surface area contributed by atoms with E-state index in [2.05, 4.69) is 0 Å². The first-order valence-electron chi connectivity index (χ1n) is 4.55. The zero-order valence-electron chi connectivity index (χ0n) is 8.27. The van der Waals surface area contributed by atoms with Crippen molar-refractivity contribution < 1.29 is 19.0 Å². The Labute approximate surface area is 97.6 Å². The molecule has 88 valence electrons. The summed E-state index contributed by atoms with van der Waals surface area (Å²) in [5.41, 5.74) is 5.83. The molecule has 1 atom stereocenters. The SMILES string of the molecule is Cl.NC1CCOc2c(C(=O)O)ccc(F)c21. The molecule has 0 radical (unpaired) electrons. The molecule has 1 aromatic carbocycles. The number of halogens is 2. The number of carbonyl (C=O) groups is 1. The Morgan fingerprint density at radius 1 is 1.56 bits per heavy atom. The van der Waals surface area contributed by atoms with Crippen LogP contribution in [0.15, 0.2) is 12.1 Å². The molecule has 1 aliphatic heterocycles. The Bertz CT molecular complexity index is 425. The molecular weight excluding hydrogens is 237 g/mol. The number of hydrogen-bond acceptors (Lipinski definition) is 3. The average molecular weight is 248 g/mol. The minimum absolute atomic E-state index is 0. The van der Waals surface area contributed by atoms with Gasteiger partial charge < -0.3 is 15.6 Å². The van der Waals surface area contributed by atoms with Crippen molar-refractivity contribution in [3.63, 3.8) is 0 Å². The second-order valence-corrected chi connectivity index (χ2v) is 3.39. The summed E-state index contributed by atoms with van der Waals surface area (Å²) in [7, 11) is 0. The van der Waals surface area contributed by atoms with Crippen LogP contribution in [0.3, 0.4) is 0 Å². The quantitative estimate of drug-likeness (QED) is 0.793. The monoisotopic (exact) mass is 247 g/mol. The number of ether oxygens (including phenoxy) is 1. The lowest BCUT2D eigenvalue weighted by molar-refractivity contribution is 0.0690. The van der Waals surface area contributed by atoms with E-state index in [-0.39, 0.29) is 29.3 Å². The van der Waals surface area contributed by atoms with Crippen LogP contribution in [0, 0.1) is 5.82 Å². The van der Waals surface area contributed by atoms with Gasteiger partial charge in [-0.3, -0.25) is 0 Å². The second-order valence-electron chi connectivity index (χ2n) is 3.39. The Kier molecular flexibility index (Phi) is 3.72. The van der Waals surface area contributed by atoms with E-state index in [0.717, 1.165) is 6.07 Å². The van der Waals surface area contributed by atoms with Gasteiger partial charge in [0.1, 0.15) is 17.1 Å². The fraction of sp³-hybridized carbons (Fsp3) is 0.300. The molecule has 0 bridgehead atoms. The highest BCUT2D eigenvalue weighted by atomic mass is 35.5. The van der Waals surface area contributed by atoms with Crippen LogP contribution in [0.2, 0.25) is 0 Å². The third kappa shape index (κ3) is 1.96. The Morgan fingerprint density at radius 2 is 2.25 bits per heavy atom. The highest BCUT2D eigenvalue weighted by molar-refractivity contribution is 5.91. The fourth-order valence-corrected chi connectivity index (χ4v) is 1.68. The lowest BCUT2D eigenvalue weighted by Crippen LogP contribution is -2.23. The molecule has 1 heterocycles. The van der Waals surface area contributed by atoms with Crippen molar-refractivity contribution in [3.05, 3.63) is 29.1 Å². The third-order valence-corrected chi connectivity index (χ3v) is 2.42. The van der Waals surface area contributed by atoms with E-state index < -0.39 is 17.8 Å². The summed E-state index contributed by atoms with van der Waals surface area (Å²) < 4.78 is 18.6. The molecule has 0 aliphatic carbocycles. The fourth-order valence-electron chi connectivity index (χ4n) is 1.68. The molecule has 1 aromatic rings. The summed E-state index contributed by atoms with van der Waals surface area (Å²) in [4.78, 5) is 10.8. The second kappa shape index (κ2) is 4.67. The highest BCUT2D eigenvalue weighted by Gasteiger charge is 2.26. The topological polar surface area (TPSA) is 72.5 Å². The summed E-state index contributed by atoms with van der Waals surface area (Å²) >= 11 is 0. The molecule has 6 heteroatoms. The molecule has 4 nitrogen and oxygen atoms in total. The zero-order valence-corrected chi connectivity index (χ0v) is 9.09. The van der Waals surface area contributed by atoms with Gasteiger partial charge in [0.15, 0.2) is 0 Å². The number of aromatic carboxylic acids is 1. The molecular formula is C10H11ClFNO3. The van der Waals surface area contributed by atoms with Gasteiger partial charge in [0.2, 0.25) is 0 Å². The van der Waals surface area contributed by atoms with Crippen molar-refractivity contribution >= 4 is 18.4 Å². The average Bonchev–Trinajstić information content (AvgIpc) is 2.17. The Hall–Kier alpha value is -1.33. The number of carboxylic acids is 1. The van der Waals surface area contributed by atoms with Crippen molar-refractivity contribution in [1.82, 2.24) is 0 Å². The lowest BCUT2D eigenvalue weighted by atomic mass is 9.97. The van der Waals surface area contributed by atoms with Crippen LogP contribution in [-0.4, -0.2) is 17.7 Å². The molecule has 0 saturated carbocycles. The molecule has 16 heavy (non-hydrogen) atoms. The van der Waals surface area contributed by atoms with Gasteiger partial charge in [-0.2, -0.15) is 0 Å². The van der Waals surface area contributed by atoms with Crippen molar-refractivity contribution in [1.29, 1.82) is 0 Å². The molecule has 0 fully saturated rings. The minimum Gasteiger partial charge on any atom is -0.492 e. The molecule has 1 aliphatic rings. The van der Waals surface area contributed by atoms with Gasteiger partial charge in [0.25, 0.3) is 0 Å². The van der Waals surface area contributed by atoms with Gasteiger partial charge in [-0.15, -0.1) is 12.4 Å². The zero-order chi connectivity index (χ0) is 11.0. The van der Waals surface area contributed by atoms with Crippen molar-refractivity contribution in [2.24, 2.45) is 5.73 Å². The molecule has 3 N–H and O–H groups in total. The lowest BCUT2D eigenvalue weighted by Gasteiger charge is -2.24. The largest absolute Gasteiger partial charge is 0.492 e. The van der Waals surface area contributed by atoms with E-state index >= 15 is 0 Å². The predicted molar refractivity (Wildman–Crippen MR) is 57.6 cm³/mol. The van der Waals surface area contributed by atoms with Gasteiger partial charge in [0, 0.05) is 18.0 Å². The van der Waals surface area contributed by atoms with Crippen LogP contribution in [0.25, 0.3) is 0 Å². The van der Waals surface area contributed by atoms with E-state index in [4.69, 9.17) is 15.6 Å². The molecule has 0 aromatic heterocycles. The van der Waals surface area contributed by atoms with Crippen LogP contribution in [0.1, 0.15) is 28.4 Å². The summed E-state index contributed by atoms with van der Waals surface area (Å²) in [5, 5.41) is 8.87. The number of nitrogens with two attached hydrogens (primary N) is 1. The highest BCUT2D eigenvalue weighted by Crippen LogP contribution is 2.35. The number of benzene rings is 1. The van der Waals surface area contributed by atoms with Gasteiger partial charge in [0.05, 0.1) is 6.61 Å². The Morgan fingerprint density at radius 3 is 2.88 bits per heavy atom. The van der Waals surface area contributed by atoms with Gasteiger partial charge >= 0.3 is 5.97 Å². The van der Waals surface area contributed by atoms with E-state index in [0.29, 0.717) is 13.0 Å². The molecule has 1 unspecified atom stereocenters. The molecule has 0 amide bonds. The minimum atomic E-state index is -1.14. The first kappa shape index (κ1) is 12.7. The number of carboxylic acid groups (broad SMARTS) is 1. The third-order valence-electron chi connectivity index (χ3n) is 2.42. The number of rotatable bonds is 1. The summed E-state index contributed by atoms with van der Waals surface area (Å²) in [6, 6.07) is 1.80. The van der Waals surface area contributed by atoms with E-state index in [1.165, 1.54) is 6.07 Å². The van der Waals surface area contributed by atoms with Crippen LogP contribution in [0.4, 0.5) is 4.39 Å². The van der Waals surface area contributed by atoms with E-state index in [9.17, 15) is 9.18 Å². The first-order chi connectivity index (χ1) is 7.11. The van der Waals surface area contributed by atoms with Crippen LogP contribution in [-0.2, 0) is 0 Å². The molecule has 0 saturated heterocycles. The number of fused-ring (bicyclic) bond motifs is 1. The van der Waals surface area contributed by atoms with Crippen molar-refractivity contribution in [3.8, 4) is 5.75 Å². The summed E-state index contributed by atoms with van der Waals surface area (Å²) in [6.07, 6.45) is 0.493. The maximum absolute atomic E-state index is 13.4. The van der Waals surface area contributed by atoms with Crippen molar-refractivity contribution in [2.45, 2.75) is 12.5 Å². The first-order valence-corrected chi connectivity index (χ1v) is 4.55. The normalized spacial score (nSPS) is 18.0. The summed E-state index contributed by atoms with van der Waals surface area (Å²) in [5.74, 6) is -1.58. The predicted octanol–water partition coefficient (Wildman–Crippen LogP) is 1.73.